The van der Waals surface area contributed by atoms with E-state index < -0.39 is 0 Å². The SMILES string of the molecule is Fc1ccc(CNc2nc(Cl)nc3c2CCCC3)cc1. The number of rotatable bonds is 3. The van der Waals surface area contributed by atoms with Gasteiger partial charge in [-0.1, -0.05) is 12.1 Å². The molecule has 1 aromatic carbocycles. The summed E-state index contributed by atoms with van der Waals surface area (Å²) in [6.45, 7) is 0.597. The zero-order chi connectivity index (χ0) is 13.9. The largest absolute Gasteiger partial charge is 0.366 e. The summed E-state index contributed by atoms with van der Waals surface area (Å²) >= 11 is 5.97. The molecule has 1 aliphatic carbocycles. The third-order valence-electron chi connectivity index (χ3n) is 3.53. The number of benzene rings is 1. The topological polar surface area (TPSA) is 37.8 Å². The first-order valence-electron chi connectivity index (χ1n) is 6.76. The quantitative estimate of drug-likeness (QED) is 0.875. The lowest BCUT2D eigenvalue weighted by Crippen LogP contribution is -2.12. The second-order valence-corrected chi connectivity index (χ2v) is 5.29. The van der Waals surface area contributed by atoms with Gasteiger partial charge in [0, 0.05) is 12.1 Å². The molecule has 0 bridgehead atoms. The number of nitrogens with one attached hydrogen (secondary N) is 1. The number of aryl methyl sites for hydroxylation is 1. The second-order valence-electron chi connectivity index (χ2n) is 4.95. The van der Waals surface area contributed by atoms with Gasteiger partial charge in [-0.15, -0.1) is 0 Å². The monoisotopic (exact) mass is 291 g/mol. The van der Waals surface area contributed by atoms with Crippen molar-refractivity contribution >= 4 is 17.4 Å². The van der Waals surface area contributed by atoms with Crippen molar-refractivity contribution in [3.8, 4) is 0 Å². The molecule has 0 spiro atoms. The first-order chi connectivity index (χ1) is 9.72. The first kappa shape index (κ1) is 13.3. The maximum atomic E-state index is 12.9. The molecular formula is C15H15ClFN3. The molecule has 1 aromatic heterocycles. The number of anilines is 1. The van der Waals surface area contributed by atoms with Gasteiger partial charge in [0.05, 0.1) is 5.69 Å². The van der Waals surface area contributed by atoms with Gasteiger partial charge in [-0.05, 0) is 55.0 Å². The van der Waals surface area contributed by atoms with Crippen LogP contribution < -0.4 is 5.32 Å². The summed E-state index contributed by atoms with van der Waals surface area (Å²) in [6.07, 6.45) is 4.25. The van der Waals surface area contributed by atoms with E-state index in [0.717, 1.165) is 42.8 Å². The highest BCUT2D eigenvalue weighted by Crippen LogP contribution is 2.26. The summed E-state index contributed by atoms with van der Waals surface area (Å²) in [4.78, 5) is 8.59. The lowest BCUT2D eigenvalue weighted by Gasteiger charge is -2.18. The third-order valence-corrected chi connectivity index (χ3v) is 3.70. The van der Waals surface area contributed by atoms with E-state index in [1.165, 1.54) is 17.7 Å². The Labute approximate surface area is 122 Å². The second kappa shape index (κ2) is 5.75. The summed E-state index contributed by atoms with van der Waals surface area (Å²) in [7, 11) is 0. The molecule has 2 aromatic rings. The van der Waals surface area contributed by atoms with Crippen LogP contribution in [-0.4, -0.2) is 9.97 Å². The van der Waals surface area contributed by atoms with Gasteiger partial charge in [-0.25, -0.2) is 14.4 Å². The Morgan fingerprint density at radius 3 is 2.65 bits per heavy atom. The van der Waals surface area contributed by atoms with Gasteiger partial charge >= 0.3 is 0 Å². The van der Waals surface area contributed by atoms with Gasteiger partial charge in [0.25, 0.3) is 0 Å². The Bertz CT molecular complexity index is 613. The minimum atomic E-state index is -0.226. The Balaban J connectivity index is 1.80. The Hall–Kier alpha value is -1.68. The van der Waals surface area contributed by atoms with E-state index in [0.29, 0.717) is 6.54 Å². The van der Waals surface area contributed by atoms with Crippen LogP contribution in [-0.2, 0) is 19.4 Å². The molecule has 1 N–H and O–H groups in total. The molecule has 0 saturated heterocycles. The van der Waals surface area contributed by atoms with Crippen LogP contribution >= 0.6 is 11.6 Å². The Morgan fingerprint density at radius 1 is 1.10 bits per heavy atom. The molecule has 1 aliphatic rings. The van der Waals surface area contributed by atoms with Crippen molar-refractivity contribution in [2.24, 2.45) is 0 Å². The normalized spacial score (nSPS) is 13.9. The molecule has 3 nitrogen and oxygen atoms in total. The third kappa shape index (κ3) is 2.90. The smallest absolute Gasteiger partial charge is 0.224 e. The van der Waals surface area contributed by atoms with Crippen molar-refractivity contribution in [3.63, 3.8) is 0 Å². The number of hydrogen-bond donors (Lipinski definition) is 1. The van der Waals surface area contributed by atoms with E-state index in [9.17, 15) is 4.39 Å². The highest BCUT2D eigenvalue weighted by Gasteiger charge is 2.17. The zero-order valence-electron chi connectivity index (χ0n) is 11.0. The molecule has 0 saturated carbocycles. The fraction of sp³-hybridized carbons (Fsp3) is 0.333. The summed E-state index contributed by atoms with van der Waals surface area (Å²) in [6, 6.07) is 6.44. The van der Waals surface area contributed by atoms with E-state index in [4.69, 9.17) is 11.6 Å². The number of halogens is 2. The lowest BCUT2D eigenvalue weighted by molar-refractivity contribution is 0.627. The van der Waals surface area contributed by atoms with Crippen molar-refractivity contribution < 1.29 is 4.39 Å². The fourth-order valence-electron chi connectivity index (χ4n) is 2.50. The Morgan fingerprint density at radius 2 is 1.85 bits per heavy atom. The van der Waals surface area contributed by atoms with Crippen LogP contribution in [0.1, 0.15) is 29.7 Å². The van der Waals surface area contributed by atoms with Gasteiger partial charge in [-0.2, -0.15) is 0 Å². The van der Waals surface area contributed by atoms with Crippen molar-refractivity contribution in [2.75, 3.05) is 5.32 Å². The summed E-state index contributed by atoms with van der Waals surface area (Å²) in [5, 5.41) is 3.58. The number of nitrogens with zero attached hydrogens (tertiary/aromatic N) is 2. The molecule has 20 heavy (non-hydrogen) atoms. The predicted octanol–water partition coefficient (Wildman–Crippen LogP) is 3.76. The van der Waals surface area contributed by atoms with E-state index in [1.54, 1.807) is 12.1 Å². The fourth-order valence-corrected chi connectivity index (χ4v) is 2.68. The standard InChI is InChI=1S/C15H15ClFN3/c16-15-19-13-4-2-1-3-12(13)14(20-15)18-9-10-5-7-11(17)8-6-10/h5-8H,1-4,9H2,(H,18,19,20). The van der Waals surface area contributed by atoms with E-state index in [2.05, 4.69) is 15.3 Å². The van der Waals surface area contributed by atoms with Gasteiger partial charge < -0.3 is 5.32 Å². The van der Waals surface area contributed by atoms with Crippen LogP contribution in [0.2, 0.25) is 5.28 Å². The van der Waals surface area contributed by atoms with Crippen LogP contribution in [0.5, 0.6) is 0 Å². The summed E-state index contributed by atoms with van der Waals surface area (Å²) in [5.41, 5.74) is 3.23. The minimum absolute atomic E-state index is 0.226. The highest BCUT2D eigenvalue weighted by molar-refractivity contribution is 6.28. The van der Waals surface area contributed by atoms with Crippen molar-refractivity contribution in [3.05, 3.63) is 52.2 Å². The maximum Gasteiger partial charge on any atom is 0.224 e. The average molecular weight is 292 g/mol. The van der Waals surface area contributed by atoms with Gasteiger partial charge in [0.2, 0.25) is 5.28 Å². The van der Waals surface area contributed by atoms with Crippen LogP contribution in [0.25, 0.3) is 0 Å². The number of fused-ring (bicyclic) bond motifs is 1. The molecule has 0 fully saturated rings. The summed E-state index contributed by atoms with van der Waals surface area (Å²) in [5.74, 6) is 0.584. The highest BCUT2D eigenvalue weighted by atomic mass is 35.5. The number of hydrogen-bond acceptors (Lipinski definition) is 3. The molecule has 0 radical (unpaired) electrons. The van der Waals surface area contributed by atoms with Crippen LogP contribution in [0.3, 0.4) is 0 Å². The lowest BCUT2D eigenvalue weighted by atomic mass is 9.96. The van der Waals surface area contributed by atoms with Crippen LogP contribution in [0.15, 0.2) is 24.3 Å². The molecule has 104 valence electrons. The molecule has 1 heterocycles. The molecular weight excluding hydrogens is 277 g/mol. The van der Waals surface area contributed by atoms with Crippen molar-refractivity contribution in [2.45, 2.75) is 32.2 Å². The van der Waals surface area contributed by atoms with Gasteiger partial charge in [-0.3, -0.25) is 0 Å². The van der Waals surface area contributed by atoms with Crippen LogP contribution in [0.4, 0.5) is 10.2 Å². The van der Waals surface area contributed by atoms with Gasteiger partial charge in [0.15, 0.2) is 0 Å². The van der Waals surface area contributed by atoms with Crippen LogP contribution in [0, 0.1) is 5.82 Å². The molecule has 0 atom stereocenters. The number of aromatic nitrogens is 2. The van der Waals surface area contributed by atoms with E-state index in [-0.39, 0.29) is 11.1 Å². The predicted molar refractivity (Wildman–Crippen MR) is 77.4 cm³/mol. The molecule has 3 rings (SSSR count). The van der Waals surface area contributed by atoms with Crippen molar-refractivity contribution in [1.82, 2.24) is 9.97 Å². The molecule has 5 heteroatoms. The van der Waals surface area contributed by atoms with E-state index in [1.807, 2.05) is 0 Å². The maximum absolute atomic E-state index is 12.9. The average Bonchev–Trinajstić information content (AvgIpc) is 2.46. The Kier molecular flexibility index (Phi) is 3.83. The zero-order valence-corrected chi connectivity index (χ0v) is 11.8. The van der Waals surface area contributed by atoms with Crippen molar-refractivity contribution in [1.29, 1.82) is 0 Å². The molecule has 0 aliphatic heterocycles. The minimum Gasteiger partial charge on any atom is -0.366 e. The summed E-state index contributed by atoms with van der Waals surface area (Å²) < 4.78 is 12.9. The molecule has 0 unspecified atom stereocenters. The first-order valence-corrected chi connectivity index (χ1v) is 7.14. The molecule has 0 amide bonds. The van der Waals surface area contributed by atoms with Gasteiger partial charge in [0.1, 0.15) is 11.6 Å². The van der Waals surface area contributed by atoms with E-state index >= 15 is 0 Å².